The van der Waals surface area contributed by atoms with Crippen LogP contribution in [0.1, 0.15) is 50.2 Å². The zero-order valence-electron chi connectivity index (χ0n) is 12.8. The minimum absolute atomic E-state index is 0. The molecule has 0 aromatic heterocycles. The van der Waals surface area contributed by atoms with Gasteiger partial charge in [0.25, 0.3) is 0 Å². The molecule has 120 valence electrons. The predicted molar refractivity (Wildman–Crippen MR) is 95.9 cm³/mol. The highest BCUT2D eigenvalue weighted by atomic mass is 14.9. The molecule has 2 nitrogen and oxygen atoms in total. The molecule has 2 aliphatic rings. The van der Waals surface area contributed by atoms with Gasteiger partial charge in [-0.2, -0.15) is 0 Å². The first kappa shape index (κ1) is 16.8. The summed E-state index contributed by atoms with van der Waals surface area (Å²) in [6.07, 6.45) is 5.86. The van der Waals surface area contributed by atoms with E-state index in [0.717, 1.165) is 43.2 Å². The smallest absolute Gasteiger partial charge is 0.0110 e. The van der Waals surface area contributed by atoms with Crippen molar-refractivity contribution < 1.29 is 0 Å². The molecule has 0 spiro atoms. The Labute approximate surface area is 135 Å². The Kier molecular flexibility index (Phi) is 5.84. The van der Waals surface area contributed by atoms with Gasteiger partial charge in [-0.25, -0.2) is 0 Å². The lowest BCUT2D eigenvalue weighted by Gasteiger charge is -2.28. The average Bonchev–Trinajstić information content (AvgIpc) is 2.52. The van der Waals surface area contributed by atoms with E-state index in [9.17, 15) is 0 Å². The molecule has 2 heterocycles. The standard InChI is InChI=1S/C19H26N2.CH4/c1-14-3-6-19(15(2)21-14)13-16-4-7-17(8-5-16)18-9-11-20-12-10-18;/h4-5,7-8,18-21H,1-3,6,9-13H2;1H4. The van der Waals surface area contributed by atoms with Gasteiger partial charge in [0.15, 0.2) is 0 Å². The lowest BCUT2D eigenvalue weighted by atomic mass is 9.86. The van der Waals surface area contributed by atoms with E-state index < -0.39 is 0 Å². The van der Waals surface area contributed by atoms with Gasteiger partial charge in [0.05, 0.1) is 0 Å². The van der Waals surface area contributed by atoms with E-state index in [1.807, 2.05) is 0 Å². The van der Waals surface area contributed by atoms with E-state index in [-0.39, 0.29) is 7.43 Å². The van der Waals surface area contributed by atoms with Crippen LogP contribution in [0.4, 0.5) is 0 Å². The fraction of sp³-hybridized carbons (Fsp3) is 0.500. The van der Waals surface area contributed by atoms with Crippen LogP contribution in [-0.2, 0) is 6.42 Å². The molecule has 2 heteroatoms. The van der Waals surface area contributed by atoms with Crippen molar-refractivity contribution in [3.05, 3.63) is 59.9 Å². The topological polar surface area (TPSA) is 24.1 Å². The number of benzene rings is 1. The van der Waals surface area contributed by atoms with Crippen molar-refractivity contribution in [2.45, 2.75) is 45.4 Å². The van der Waals surface area contributed by atoms with Gasteiger partial charge in [0, 0.05) is 17.3 Å². The van der Waals surface area contributed by atoms with Crippen LogP contribution in [0.2, 0.25) is 0 Å². The summed E-state index contributed by atoms with van der Waals surface area (Å²) in [5.41, 5.74) is 5.17. The van der Waals surface area contributed by atoms with Crippen LogP contribution >= 0.6 is 0 Å². The monoisotopic (exact) mass is 298 g/mol. The van der Waals surface area contributed by atoms with Crippen LogP contribution in [-0.4, -0.2) is 13.1 Å². The Morgan fingerprint density at radius 3 is 2.32 bits per heavy atom. The van der Waals surface area contributed by atoms with Crippen LogP contribution in [0.25, 0.3) is 0 Å². The number of hydrogen-bond donors (Lipinski definition) is 2. The van der Waals surface area contributed by atoms with Crippen molar-refractivity contribution in [2.75, 3.05) is 13.1 Å². The molecule has 1 atom stereocenters. The van der Waals surface area contributed by atoms with Crippen molar-refractivity contribution in [2.24, 2.45) is 5.92 Å². The van der Waals surface area contributed by atoms with Crippen molar-refractivity contribution >= 4 is 0 Å². The third-order valence-corrected chi connectivity index (χ3v) is 4.90. The summed E-state index contributed by atoms with van der Waals surface area (Å²) in [6.45, 7) is 10.5. The van der Waals surface area contributed by atoms with Crippen molar-refractivity contribution in [3.63, 3.8) is 0 Å². The zero-order chi connectivity index (χ0) is 14.7. The van der Waals surface area contributed by atoms with Gasteiger partial charge in [-0.05, 0) is 62.2 Å². The molecule has 1 aromatic rings. The molecule has 22 heavy (non-hydrogen) atoms. The lowest BCUT2D eigenvalue weighted by molar-refractivity contribution is 0.460. The molecule has 2 fully saturated rings. The van der Waals surface area contributed by atoms with E-state index in [4.69, 9.17) is 0 Å². The highest BCUT2D eigenvalue weighted by Gasteiger charge is 2.20. The second-order valence-corrected chi connectivity index (χ2v) is 6.46. The van der Waals surface area contributed by atoms with Gasteiger partial charge < -0.3 is 10.6 Å². The van der Waals surface area contributed by atoms with Crippen LogP contribution in [0.5, 0.6) is 0 Å². The maximum atomic E-state index is 4.15. The summed E-state index contributed by atoms with van der Waals surface area (Å²) in [5.74, 6) is 1.29. The number of nitrogens with one attached hydrogen (secondary N) is 2. The molecule has 0 saturated carbocycles. The molecule has 0 amide bonds. The van der Waals surface area contributed by atoms with Gasteiger partial charge >= 0.3 is 0 Å². The molecule has 2 N–H and O–H groups in total. The van der Waals surface area contributed by atoms with Crippen molar-refractivity contribution in [1.29, 1.82) is 0 Å². The van der Waals surface area contributed by atoms with Gasteiger partial charge in [-0.1, -0.05) is 44.8 Å². The number of hydrogen-bond acceptors (Lipinski definition) is 2. The maximum Gasteiger partial charge on any atom is 0.0110 e. The minimum Gasteiger partial charge on any atom is -0.363 e. The first-order valence-corrected chi connectivity index (χ1v) is 8.15. The van der Waals surface area contributed by atoms with E-state index in [2.05, 4.69) is 48.1 Å². The fourth-order valence-corrected chi connectivity index (χ4v) is 3.51. The summed E-state index contributed by atoms with van der Waals surface area (Å²) in [5, 5.41) is 6.75. The second-order valence-electron chi connectivity index (χ2n) is 6.46. The lowest BCUT2D eigenvalue weighted by Crippen LogP contribution is -2.26. The van der Waals surface area contributed by atoms with E-state index >= 15 is 0 Å². The van der Waals surface area contributed by atoms with Gasteiger partial charge in [0.2, 0.25) is 0 Å². The highest BCUT2D eigenvalue weighted by molar-refractivity contribution is 5.27. The third kappa shape index (κ3) is 4.01. The van der Waals surface area contributed by atoms with Crippen LogP contribution < -0.4 is 10.6 Å². The van der Waals surface area contributed by atoms with Crippen LogP contribution in [0, 0.1) is 5.92 Å². The minimum atomic E-state index is 0. The summed E-state index contributed by atoms with van der Waals surface area (Å²) < 4.78 is 0. The first-order chi connectivity index (χ1) is 10.2. The van der Waals surface area contributed by atoms with E-state index in [1.165, 1.54) is 30.4 Å². The molecule has 3 rings (SSSR count). The molecule has 0 radical (unpaired) electrons. The van der Waals surface area contributed by atoms with Crippen molar-refractivity contribution in [1.82, 2.24) is 10.6 Å². The first-order valence-electron chi connectivity index (χ1n) is 8.15. The van der Waals surface area contributed by atoms with Gasteiger partial charge in [-0.15, -0.1) is 0 Å². The largest absolute Gasteiger partial charge is 0.363 e. The van der Waals surface area contributed by atoms with Gasteiger partial charge in [0.1, 0.15) is 0 Å². The van der Waals surface area contributed by atoms with Crippen molar-refractivity contribution in [3.8, 4) is 0 Å². The molecule has 1 unspecified atom stereocenters. The Morgan fingerprint density at radius 2 is 1.68 bits per heavy atom. The Bertz CT molecular complexity index is 509. The summed E-state index contributed by atoms with van der Waals surface area (Å²) >= 11 is 0. The molecular formula is C20H30N2. The highest BCUT2D eigenvalue weighted by Crippen LogP contribution is 2.28. The second kappa shape index (κ2) is 7.64. The molecule has 2 aliphatic heterocycles. The zero-order valence-corrected chi connectivity index (χ0v) is 12.8. The SMILES string of the molecule is C.C=C1CCC(Cc2ccc(C3CCNCC3)cc2)C(=C)N1. The Balaban J connectivity index is 0.00000176. The number of allylic oxidation sites excluding steroid dienone is 2. The number of piperidine rings is 2. The summed E-state index contributed by atoms with van der Waals surface area (Å²) in [7, 11) is 0. The van der Waals surface area contributed by atoms with Gasteiger partial charge in [-0.3, -0.25) is 0 Å². The van der Waals surface area contributed by atoms with E-state index in [0.29, 0.717) is 5.92 Å². The molecule has 0 bridgehead atoms. The van der Waals surface area contributed by atoms with Crippen LogP contribution in [0.15, 0.2) is 48.8 Å². The quantitative estimate of drug-likeness (QED) is 0.866. The van der Waals surface area contributed by atoms with E-state index in [1.54, 1.807) is 0 Å². The average molecular weight is 298 g/mol. The molecule has 2 saturated heterocycles. The maximum absolute atomic E-state index is 4.15. The predicted octanol–water partition coefficient (Wildman–Crippen LogP) is 4.36. The molecule has 1 aromatic carbocycles. The Hall–Kier alpha value is -1.54. The summed E-state index contributed by atoms with van der Waals surface area (Å²) in [6, 6.07) is 9.30. The summed E-state index contributed by atoms with van der Waals surface area (Å²) in [4.78, 5) is 0. The fourth-order valence-electron chi connectivity index (χ4n) is 3.51. The Morgan fingerprint density at radius 1 is 1.00 bits per heavy atom. The van der Waals surface area contributed by atoms with Crippen LogP contribution in [0.3, 0.4) is 0 Å². The number of rotatable bonds is 3. The normalized spacial score (nSPS) is 22.8. The molecule has 0 aliphatic carbocycles. The third-order valence-electron chi connectivity index (χ3n) is 4.90. The molecular weight excluding hydrogens is 268 g/mol.